The summed E-state index contributed by atoms with van der Waals surface area (Å²) in [4.78, 5) is 10.7. The van der Waals surface area contributed by atoms with Gasteiger partial charge in [-0.1, -0.05) is 0 Å². The second-order valence-electron chi connectivity index (χ2n) is 3.34. The molecule has 0 amide bonds. The largest absolute Gasteiger partial charge is 0.477 e. The normalized spacial score (nSPS) is 21.6. The molecule has 0 saturated carbocycles. The van der Waals surface area contributed by atoms with Crippen LogP contribution in [0.1, 0.15) is 19.3 Å². The Bertz CT molecular complexity index is 320. The summed E-state index contributed by atoms with van der Waals surface area (Å²) in [5, 5.41) is 8.81. The molecule has 0 fully saturated rings. The van der Waals surface area contributed by atoms with Crippen LogP contribution in [0.3, 0.4) is 0 Å². The molecule has 0 radical (unpaired) electrons. The molecule has 0 bridgehead atoms. The molecule has 0 aromatic carbocycles. The average molecular weight is 200 g/mol. The molecule has 1 N–H and O–H groups in total. The van der Waals surface area contributed by atoms with Gasteiger partial charge in [-0.3, -0.25) is 4.42 Å². The van der Waals surface area contributed by atoms with Gasteiger partial charge in [0.05, 0.1) is 6.54 Å². The topological polar surface area (TPSA) is 40.5 Å². The number of carbonyl (C=O) groups is 1. The van der Waals surface area contributed by atoms with Crippen molar-refractivity contribution in [3.05, 3.63) is 22.9 Å². The number of halogens is 1. The van der Waals surface area contributed by atoms with E-state index in [1.807, 2.05) is 0 Å². The summed E-state index contributed by atoms with van der Waals surface area (Å²) in [5.41, 5.74) is 2.66. The molecule has 0 atom stereocenters. The van der Waals surface area contributed by atoms with Gasteiger partial charge in [-0.2, -0.15) is 0 Å². The van der Waals surface area contributed by atoms with E-state index < -0.39 is 5.97 Å². The minimum atomic E-state index is -0.951. The van der Waals surface area contributed by atoms with Crippen molar-refractivity contribution >= 4 is 17.7 Å². The fourth-order valence-corrected chi connectivity index (χ4v) is 2.10. The smallest absolute Gasteiger partial charge is 0.353 e. The SMILES string of the molecule is O=C(O)C1=CC2=C(CCC2)CN1Cl. The zero-order valence-corrected chi connectivity index (χ0v) is 7.84. The van der Waals surface area contributed by atoms with Gasteiger partial charge in [0.15, 0.2) is 0 Å². The quantitative estimate of drug-likeness (QED) is 0.656. The maximum Gasteiger partial charge on any atom is 0.353 e. The van der Waals surface area contributed by atoms with E-state index in [2.05, 4.69) is 0 Å². The first kappa shape index (κ1) is 8.63. The van der Waals surface area contributed by atoms with Gasteiger partial charge in [0, 0.05) is 11.8 Å². The van der Waals surface area contributed by atoms with Crippen molar-refractivity contribution in [2.45, 2.75) is 19.3 Å². The number of hydrogen-bond donors (Lipinski definition) is 1. The molecule has 3 nitrogen and oxygen atoms in total. The van der Waals surface area contributed by atoms with Gasteiger partial charge in [0.2, 0.25) is 0 Å². The molecule has 2 rings (SSSR count). The Morgan fingerprint density at radius 2 is 2.31 bits per heavy atom. The molecule has 0 spiro atoms. The highest BCUT2D eigenvalue weighted by Crippen LogP contribution is 2.33. The third-order valence-electron chi connectivity index (χ3n) is 2.50. The fraction of sp³-hybridized carbons (Fsp3) is 0.444. The van der Waals surface area contributed by atoms with Crippen molar-refractivity contribution in [1.29, 1.82) is 0 Å². The van der Waals surface area contributed by atoms with Crippen LogP contribution in [-0.4, -0.2) is 22.0 Å². The number of aliphatic carboxylic acids is 1. The number of carboxylic acids is 1. The van der Waals surface area contributed by atoms with E-state index >= 15 is 0 Å². The summed E-state index contributed by atoms with van der Waals surface area (Å²) in [6, 6.07) is 0. The van der Waals surface area contributed by atoms with Gasteiger partial charge in [-0.05, 0) is 36.5 Å². The van der Waals surface area contributed by atoms with E-state index in [1.54, 1.807) is 6.08 Å². The van der Waals surface area contributed by atoms with Crippen LogP contribution >= 0.6 is 11.8 Å². The lowest BCUT2D eigenvalue weighted by molar-refractivity contribution is -0.133. The highest BCUT2D eigenvalue weighted by Gasteiger charge is 2.25. The Morgan fingerprint density at radius 3 is 3.00 bits per heavy atom. The van der Waals surface area contributed by atoms with Gasteiger partial charge in [-0.15, -0.1) is 0 Å². The molecule has 0 aromatic rings. The van der Waals surface area contributed by atoms with Gasteiger partial charge in [0.1, 0.15) is 5.70 Å². The lowest BCUT2D eigenvalue weighted by Gasteiger charge is -2.22. The van der Waals surface area contributed by atoms with Crippen molar-refractivity contribution < 1.29 is 9.90 Å². The van der Waals surface area contributed by atoms with Crippen LogP contribution in [0.25, 0.3) is 0 Å². The van der Waals surface area contributed by atoms with E-state index in [-0.39, 0.29) is 5.70 Å². The molecule has 0 unspecified atom stereocenters. The first-order valence-corrected chi connectivity index (χ1v) is 4.61. The van der Waals surface area contributed by atoms with Crippen LogP contribution in [0.5, 0.6) is 0 Å². The predicted octanol–water partition coefficient (Wildman–Crippen LogP) is 1.90. The van der Waals surface area contributed by atoms with Crippen LogP contribution in [0.4, 0.5) is 0 Å². The minimum absolute atomic E-state index is 0.197. The highest BCUT2D eigenvalue weighted by molar-refractivity contribution is 6.17. The van der Waals surface area contributed by atoms with Crippen LogP contribution in [0.2, 0.25) is 0 Å². The lowest BCUT2D eigenvalue weighted by atomic mass is 10.1. The van der Waals surface area contributed by atoms with Crippen molar-refractivity contribution in [2.75, 3.05) is 6.54 Å². The van der Waals surface area contributed by atoms with Crippen molar-refractivity contribution in [3.63, 3.8) is 0 Å². The summed E-state index contributed by atoms with van der Waals surface area (Å²) < 4.78 is 1.28. The molecular formula is C9H10ClNO2. The summed E-state index contributed by atoms with van der Waals surface area (Å²) in [6.45, 7) is 0.565. The maximum atomic E-state index is 10.7. The van der Waals surface area contributed by atoms with E-state index in [0.717, 1.165) is 19.3 Å². The van der Waals surface area contributed by atoms with Crippen LogP contribution in [0.15, 0.2) is 22.9 Å². The van der Waals surface area contributed by atoms with Crippen molar-refractivity contribution in [1.82, 2.24) is 4.42 Å². The molecule has 1 aliphatic heterocycles. The number of hydrogen-bond acceptors (Lipinski definition) is 2. The van der Waals surface area contributed by atoms with E-state index in [9.17, 15) is 4.79 Å². The fourth-order valence-electron chi connectivity index (χ4n) is 1.84. The highest BCUT2D eigenvalue weighted by atomic mass is 35.5. The summed E-state index contributed by atoms with van der Waals surface area (Å²) in [5.74, 6) is -0.951. The molecule has 13 heavy (non-hydrogen) atoms. The average Bonchev–Trinajstić information content (AvgIpc) is 2.48. The summed E-state index contributed by atoms with van der Waals surface area (Å²) in [6.07, 6.45) is 4.87. The lowest BCUT2D eigenvalue weighted by Crippen LogP contribution is -2.24. The first-order chi connectivity index (χ1) is 6.18. The molecule has 4 heteroatoms. The van der Waals surface area contributed by atoms with Crippen molar-refractivity contribution in [3.8, 4) is 0 Å². The van der Waals surface area contributed by atoms with Crippen molar-refractivity contribution in [2.24, 2.45) is 0 Å². The Kier molecular flexibility index (Phi) is 2.04. The monoisotopic (exact) mass is 199 g/mol. The number of nitrogens with zero attached hydrogens (tertiary/aromatic N) is 1. The Hall–Kier alpha value is -0.960. The zero-order chi connectivity index (χ0) is 9.42. The summed E-state index contributed by atoms with van der Waals surface area (Å²) in [7, 11) is 0. The van der Waals surface area contributed by atoms with Crippen LogP contribution < -0.4 is 0 Å². The molecule has 0 aromatic heterocycles. The zero-order valence-electron chi connectivity index (χ0n) is 7.09. The van der Waals surface area contributed by atoms with Gasteiger partial charge < -0.3 is 5.11 Å². The number of rotatable bonds is 1. The first-order valence-electron chi connectivity index (χ1n) is 4.27. The van der Waals surface area contributed by atoms with Gasteiger partial charge in [0.25, 0.3) is 0 Å². The van der Waals surface area contributed by atoms with Crippen LogP contribution in [-0.2, 0) is 4.79 Å². The van der Waals surface area contributed by atoms with E-state index in [4.69, 9.17) is 16.9 Å². The van der Waals surface area contributed by atoms with Gasteiger partial charge >= 0.3 is 5.97 Å². The number of allylic oxidation sites excluding steroid dienone is 2. The predicted molar refractivity (Wildman–Crippen MR) is 49.2 cm³/mol. The Morgan fingerprint density at radius 1 is 1.54 bits per heavy atom. The third kappa shape index (κ3) is 1.44. The van der Waals surface area contributed by atoms with Gasteiger partial charge in [-0.25, -0.2) is 4.79 Å². The molecule has 2 aliphatic rings. The van der Waals surface area contributed by atoms with E-state index in [1.165, 1.54) is 15.6 Å². The minimum Gasteiger partial charge on any atom is -0.477 e. The molecular weight excluding hydrogens is 190 g/mol. The number of carboxylic acid groups (broad SMARTS) is 1. The molecule has 1 heterocycles. The molecule has 0 saturated heterocycles. The third-order valence-corrected chi connectivity index (χ3v) is 2.80. The molecule has 1 aliphatic carbocycles. The Labute approximate surface area is 81.4 Å². The van der Waals surface area contributed by atoms with E-state index in [0.29, 0.717) is 6.54 Å². The molecule has 70 valence electrons. The van der Waals surface area contributed by atoms with Crippen LogP contribution in [0, 0.1) is 0 Å². The summed E-state index contributed by atoms with van der Waals surface area (Å²) >= 11 is 5.79. The standard InChI is InChI=1S/C9H10ClNO2/c10-11-5-7-3-1-2-6(7)4-8(11)9(12)13/h4H,1-3,5H2,(H,12,13). The second kappa shape index (κ2) is 3.07. The Balaban J connectivity index is 2.32. The maximum absolute atomic E-state index is 10.7. The second-order valence-corrected chi connectivity index (χ2v) is 3.75.